The third-order valence-electron chi connectivity index (χ3n) is 5.71. The number of hydrogen-bond donors (Lipinski definition) is 1. The fraction of sp³-hybridized carbons (Fsp3) is 0.941. The standard InChI is InChI=1S/C17H33N5O2.ClH/c1-19-4-2-15(3-5-19)21-6-8-22(9-7-21)17(23)16(18)14-20-10-12-24-13-11-20;/h15-16H,2-14,18H2,1H3;1H/t16-;/m1./s1. The van der Waals surface area contributed by atoms with Gasteiger partial charge in [-0.25, -0.2) is 0 Å². The quantitative estimate of drug-likeness (QED) is 0.701. The van der Waals surface area contributed by atoms with Crippen LogP contribution in [0, 0.1) is 0 Å². The van der Waals surface area contributed by atoms with Crippen molar-refractivity contribution >= 4 is 18.3 Å². The Morgan fingerprint density at radius 1 is 1.04 bits per heavy atom. The third kappa shape index (κ3) is 5.77. The second kappa shape index (κ2) is 10.0. The van der Waals surface area contributed by atoms with Crippen LogP contribution in [-0.4, -0.2) is 117 Å². The molecule has 1 atom stereocenters. The topological polar surface area (TPSA) is 65.3 Å². The lowest BCUT2D eigenvalue weighted by molar-refractivity contribution is -0.135. The Bertz CT molecular complexity index is 406. The van der Waals surface area contributed by atoms with Crippen molar-refractivity contribution in [2.45, 2.75) is 24.9 Å². The predicted molar refractivity (Wildman–Crippen MR) is 101 cm³/mol. The Kier molecular flexibility index (Phi) is 8.38. The number of piperazine rings is 1. The molecule has 0 bridgehead atoms. The van der Waals surface area contributed by atoms with Crippen molar-refractivity contribution < 1.29 is 9.53 Å². The molecule has 2 N–H and O–H groups in total. The summed E-state index contributed by atoms with van der Waals surface area (Å²) in [6, 6.07) is 0.290. The van der Waals surface area contributed by atoms with Crippen molar-refractivity contribution in [1.29, 1.82) is 0 Å². The van der Waals surface area contributed by atoms with Crippen molar-refractivity contribution in [2.24, 2.45) is 5.73 Å². The number of likely N-dealkylation sites (tertiary alicyclic amines) is 1. The number of nitrogens with zero attached hydrogens (tertiary/aromatic N) is 4. The van der Waals surface area contributed by atoms with E-state index in [0.717, 1.165) is 52.5 Å². The molecule has 3 aliphatic rings. The number of nitrogens with two attached hydrogens (primary N) is 1. The summed E-state index contributed by atoms with van der Waals surface area (Å²) in [5.41, 5.74) is 6.18. The minimum Gasteiger partial charge on any atom is -0.379 e. The van der Waals surface area contributed by atoms with E-state index in [4.69, 9.17) is 10.5 Å². The van der Waals surface area contributed by atoms with E-state index in [1.54, 1.807) is 0 Å². The fourth-order valence-corrected chi connectivity index (χ4v) is 4.04. The Balaban J connectivity index is 0.00000225. The lowest BCUT2D eigenvalue weighted by Crippen LogP contribution is -2.58. The number of amides is 1. The van der Waals surface area contributed by atoms with Crippen LogP contribution in [0.25, 0.3) is 0 Å². The van der Waals surface area contributed by atoms with Gasteiger partial charge in [-0.1, -0.05) is 0 Å². The van der Waals surface area contributed by atoms with Gasteiger partial charge in [-0.2, -0.15) is 0 Å². The van der Waals surface area contributed by atoms with Gasteiger partial charge >= 0.3 is 0 Å². The molecule has 146 valence electrons. The summed E-state index contributed by atoms with van der Waals surface area (Å²) in [6.45, 7) is 9.90. The van der Waals surface area contributed by atoms with Gasteiger partial charge in [0.2, 0.25) is 5.91 Å². The van der Waals surface area contributed by atoms with Crippen LogP contribution in [0.4, 0.5) is 0 Å². The highest BCUT2D eigenvalue weighted by molar-refractivity contribution is 5.85. The largest absolute Gasteiger partial charge is 0.379 e. The number of ether oxygens (including phenoxy) is 1. The number of piperidine rings is 1. The molecule has 0 aliphatic carbocycles. The molecular weight excluding hydrogens is 342 g/mol. The number of halogens is 1. The predicted octanol–water partition coefficient (Wildman–Crippen LogP) is -0.694. The molecule has 3 aliphatic heterocycles. The number of morpholine rings is 1. The molecule has 3 heterocycles. The first-order chi connectivity index (χ1) is 11.6. The van der Waals surface area contributed by atoms with Crippen molar-refractivity contribution in [1.82, 2.24) is 19.6 Å². The van der Waals surface area contributed by atoms with E-state index in [1.165, 1.54) is 25.9 Å². The minimum absolute atomic E-state index is 0. The summed E-state index contributed by atoms with van der Waals surface area (Å²) in [5.74, 6) is 0.115. The first-order valence-corrected chi connectivity index (χ1v) is 9.40. The summed E-state index contributed by atoms with van der Waals surface area (Å²) in [6.07, 6.45) is 2.50. The Morgan fingerprint density at radius 2 is 1.64 bits per heavy atom. The van der Waals surface area contributed by atoms with Gasteiger partial charge in [0.1, 0.15) is 0 Å². The molecule has 0 spiro atoms. The molecular formula is C17H34ClN5O2. The first kappa shape index (κ1) is 20.9. The van der Waals surface area contributed by atoms with Gasteiger partial charge in [0.25, 0.3) is 0 Å². The molecule has 7 nitrogen and oxygen atoms in total. The maximum absolute atomic E-state index is 12.6. The molecule has 3 fully saturated rings. The molecule has 25 heavy (non-hydrogen) atoms. The molecule has 0 unspecified atom stereocenters. The molecule has 8 heteroatoms. The molecule has 3 saturated heterocycles. The summed E-state index contributed by atoms with van der Waals surface area (Å²) in [7, 11) is 2.20. The van der Waals surface area contributed by atoms with Crippen LogP contribution >= 0.6 is 12.4 Å². The van der Waals surface area contributed by atoms with Crippen LogP contribution in [0.1, 0.15) is 12.8 Å². The third-order valence-corrected chi connectivity index (χ3v) is 5.71. The summed E-state index contributed by atoms with van der Waals surface area (Å²) in [4.78, 5) is 21.8. The van der Waals surface area contributed by atoms with Gasteiger partial charge in [-0.15, -0.1) is 12.4 Å². The van der Waals surface area contributed by atoms with Crippen LogP contribution in [0.5, 0.6) is 0 Å². The molecule has 1 amide bonds. The van der Waals surface area contributed by atoms with E-state index < -0.39 is 6.04 Å². The number of carbonyl (C=O) groups is 1. The minimum atomic E-state index is -0.405. The summed E-state index contributed by atoms with van der Waals surface area (Å²) < 4.78 is 5.35. The molecule has 0 aromatic heterocycles. The number of rotatable bonds is 4. The molecule has 0 radical (unpaired) electrons. The molecule has 0 saturated carbocycles. The zero-order chi connectivity index (χ0) is 16.9. The van der Waals surface area contributed by atoms with Crippen LogP contribution in [0.15, 0.2) is 0 Å². The van der Waals surface area contributed by atoms with Gasteiger partial charge in [0.05, 0.1) is 19.3 Å². The highest BCUT2D eigenvalue weighted by Gasteiger charge is 2.30. The molecule has 3 rings (SSSR count). The van der Waals surface area contributed by atoms with Crippen LogP contribution < -0.4 is 5.73 Å². The van der Waals surface area contributed by atoms with E-state index in [0.29, 0.717) is 12.6 Å². The van der Waals surface area contributed by atoms with E-state index in [9.17, 15) is 4.79 Å². The van der Waals surface area contributed by atoms with E-state index in [2.05, 4.69) is 21.7 Å². The van der Waals surface area contributed by atoms with Gasteiger partial charge in [-0.3, -0.25) is 14.6 Å². The smallest absolute Gasteiger partial charge is 0.240 e. The van der Waals surface area contributed by atoms with Crippen LogP contribution in [0.2, 0.25) is 0 Å². The van der Waals surface area contributed by atoms with Crippen molar-refractivity contribution in [2.75, 3.05) is 79.2 Å². The first-order valence-electron chi connectivity index (χ1n) is 9.40. The van der Waals surface area contributed by atoms with Crippen molar-refractivity contribution in [3.8, 4) is 0 Å². The van der Waals surface area contributed by atoms with Gasteiger partial charge in [0.15, 0.2) is 0 Å². The normalized spacial score (nSPS) is 26.2. The van der Waals surface area contributed by atoms with Gasteiger partial charge < -0.3 is 20.3 Å². The highest BCUT2D eigenvalue weighted by atomic mass is 35.5. The highest BCUT2D eigenvalue weighted by Crippen LogP contribution is 2.17. The monoisotopic (exact) mass is 375 g/mol. The Labute approximate surface area is 157 Å². The lowest BCUT2D eigenvalue weighted by atomic mass is 10.0. The van der Waals surface area contributed by atoms with Crippen LogP contribution in [-0.2, 0) is 9.53 Å². The second-order valence-corrected chi connectivity index (χ2v) is 7.42. The van der Waals surface area contributed by atoms with E-state index in [1.807, 2.05) is 4.90 Å². The number of carbonyl (C=O) groups excluding carboxylic acids is 1. The zero-order valence-electron chi connectivity index (χ0n) is 15.4. The maximum Gasteiger partial charge on any atom is 0.240 e. The Morgan fingerprint density at radius 3 is 2.24 bits per heavy atom. The Hall–Kier alpha value is -0.440. The summed E-state index contributed by atoms with van der Waals surface area (Å²) in [5, 5.41) is 0. The second-order valence-electron chi connectivity index (χ2n) is 7.42. The van der Waals surface area contributed by atoms with Crippen molar-refractivity contribution in [3.05, 3.63) is 0 Å². The SMILES string of the molecule is CN1CCC(N2CCN(C(=O)[C@H](N)CN3CCOCC3)CC2)CC1.Cl. The molecule has 0 aromatic carbocycles. The van der Waals surface area contributed by atoms with Crippen LogP contribution in [0.3, 0.4) is 0 Å². The maximum atomic E-state index is 12.6. The summed E-state index contributed by atoms with van der Waals surface area (Å²) >= 11 is 0. The average Bonchev–Trinajstić information content (AvgIpc) is 2.63. The van der Waals surface area contributed by atoms with Gasteiger partial charge in [-0.05, 0) is 33.0 Å². The zero-order valence-corrected chi connectivity index (χ0v) is 16.3. The van der Waals surface area contributed by atoms with E-state index in [-0.39, 0.29) is 18.3 Å². The average molecular weight is 376 g/mol. The lowest BCUT2D eigenvalue weighted by Gasteiger charge is -2.42. The van der Waals surface area contributed by atoms with E-state index >= 15 is 0 Å². The fourth-order valence-electron chi connectivity index (χ4n) is 4.04. The number of hydrogen-bond acceptors (Lipinski definition) is 6. The molecule has 0 aromatic rings. The van der Waals surface area contributed by atoms with Gasteiger partial charge in [0, 0.05) is 51.9 Å². The van der Waals surface area contributed by atoms with Crippen molar-refractivity contribution in [3.63, 3.8) is 0 Å².